The molecule has 0 saturated heterocycles. The van der Waals surface area contributed by atoms with Gasteiger partial charge in [0, 0.05) is 5.69 Å². The zero-order chi connectivity index (χ0) is 13.2. The fourth-order valence-electron chi connectivity index (χ4n) is 1.41. The first-order valence-electron chi connectivity index (χ1n) is 5.47. The second kappa shape index (κ2) is 4.75. The van der Waals surface area contributed by atoms with Crippen molar-refractivity contribution < 1.29 is 14.6 Å². The molecule has 4 nitrogen and oxygen atoms in total. The van der Waals surface area contributed by atoms with Crippen molar-refractivity contribution in [3.63, 3.8) is 0 Å². The van der Waals surface area contributed by atoms with Gasteiger partial charge in [-0.2, -0.15) is 0 Å². The van der Waals surface area contributed by atoms with Gasteiger partial charge >= 0.3 is 5.97 Å². The summed E-state index contributed by atoms with van der Waals surface area (Å²) in [5, 5.41) is 8.93. The first-order chi connectivity index (χ1) is 7.72. The molecule has 0 atom stereocenters. The van der Waals surface area contributed by atoms with Crippen molar-refractivity contribution in [3.05, 3.63) is 28.8 Å². The SMILES string of the molecule is Cc1c(COC(C)(C)C)ccc(C(=O)O)c1N. The van der Waals surface area contributed by atoms with Crippen LogP contribution < -0.4 is 5.73 Å². The molecule has 0 saturated carbocycles. The van der Waals surface area contributed by atoms with Gasteiger partial charge in [0.05, 0.1) is 17.8 Å². The molecule has 0 aliphatic heterocycles. The summed E-state index contributed by atoms with van der Waals surface area (Å²) in [4.78, 5) is 10.9. The standard InChI is InChI=1S/C13H19NO3/c1-8-9(7-17-13(2,3)4)5-6-10(11(8)14)12(15)16/h5-6H,7,14H2,1-4H3,(H,15,16). The quantitative estimate of drug-likeness (QED) is 0.792. The Balaban J connectivity index is 2.97. The van der Waals surface area contributed by atoms with E-state index in [1.165, 1.54) is 6.07 Å². The van der Waals surface area contributed by atoms with E-state index >= 15 is 0 Å². The molecule has 0 radical (unpaired) electrons. The molecule has 0 heterocycles. The molecule has 3 N–H and O–H groups in total. The lowest BCUT2D eigenvalue weighted by Gasteiger charge is -2.21. The van der Waals surface area contributed by atoms with E-state index in [1.807, 2.05) is 27.7 Å². The molecule has 0 bridgehead atoms. The number of benzene rings is 1. The third-order valence-electron chi connectivity index (χ3n) is 2.52. The van der Waals surface area contributed by atoms with Crippen LogP contribution in [-0.2, 0) is 11.3 Å². The predicted molar refractivity (Wildman–Crippen MR) is 67.1 cm³/mol. The van der Waals surface area contributed by atoms with Crippen LogP contribution in [0.2, 0.25) is 0 Å². The monoisotopic (exact) mass is 237 g/mol. The van der Waals surface area contributed by atoms with Crippen molar-refractivity contribution in [1.82, 2.24) is 0 Å². The van der Waals surface area contributed by atoms with Gasteiger partial charge < -0.3 is 15.6 Å². The molecule has 94 valence electrons. The maximum atomic E-state index is 10.9. The van der Waals surface area contributed by atoms with Gasteiger partial charge in [0.15, 0.2) is 0 Å². The van der Waals surface area contributed by atoms with E-state index in [4.69, 9.17) is 15.6 Å². The summed E-state index contributed by atoms with van der Waals surface area (Å²) in [6.07, 6.45) is 0. The Morgan fingerprint density at radius 3 is 2.47 bits per heavy atom. The number of rotatable bonds is 3. The van der Waals surface area contributed by atoms with Gasteiger partial charge in [0.2, 0.25) is 0 Å². The van der Waals surface area contributed by atoms with E-state index in [0.29, 0.717) is 12.3 Å². The van der Waals surface area contributed by atoms with Crippen molar-refractivity contribution in [2.24, 2.45) is 0 Å². The van der Waals surface area contributed by atoms with Crippen LogP contribution in [0.25, 0.3) is 0 Å². The van der Waals surface area contributed by atoms with E-state index in [9.17, 15) is 4.79 Å². The lowest BCUT2D eigenvalue weighted by atomic mass is 10.0. The lowest BCUT2D eigenvalue weighted by molar-refractivity contribution is -0.0151. The molecule has 1 rings (SSSR count). The third kappa shape index (κ3) is 3.46. The molecule has 0 fully saturated rings. The molecule has 1 aromatic carbocycles. The molecule has 0 aliphatic rings. The average molecular weight is 237 g/mol. The molecule has 1 aromatic rings. The molecule has 0 aromatic heterocycles. The normalized spacial score (nSPS) is 11.5. The van der Waals surface area contributed by atoms with E-state index in [2.05, 4.69) is 0 Å². The Bertz CT molecular complexity index is 433. The Hall–Kier alpha value is -1.55. The smallest absolute Gasteiger partial charge is 0.337 e. The summed E-state index contributed by atoms with van der Waals surface area (Å²) in [5.41, 5.74) is 7.70. The van der Waals surface area contributed by atoms with Crippen LogP contribution in [0.3, 0.4) is 0 Å². The van der Waals surface area contributed by atoms with Crippen molar-refractivity contribution >= 4 is 11.7 Å². The minimum Gasteiger partial charge on any atom is -0.478 e. The van der Waals surface area contributed by atoms with Crippen molar-refractivity contribution in [3.8, 4) is 0 Å². The number of carboxylic acid groups (broad SMARTS) is 1. The molecule has 4 heteroatoms. The minimum absolute atomic E-state index is 0.141. The number of aromatic carboxylic acids is 1. The average Bonchev–Trinajstić information content (AvgIpc) is 2.18. The Labute approximate surface area is 101 Å². The number of carbonyl (C=O) groups is 1. The fraction of sp³-hybridized carbons (Fsp3) is 0.462. The molecule has 0 unspecified atom stereocenters. The van der Waals surface area contributed by atoms with Crippen LogP contribution in [0.5, 0.6) is 0 Å². The van der Waals surface area contributed by atoms with Crippen LogP contribution in [0.15, 0.2) is 12.1 Å². The summed E-state index contributed by atoms with van der Waals surface area (Å²) in [6, 6.07) is 3.27. The molecular formula is C13H19NO3. The first-order valence-corrected chi connectivity index (χ1v) is 5.47. The molecular weight excluding hydrogens is 218 g/mol. The fourth-order valence-corrected chi connectivity index (χ4v) is 1.41. The highest BCUT2D eigenvalue weighted by Gasteiger charge is 2.15. The van der Waals surface area contributed by atoms with E-state index in [-0.39, 0.29) is 11.2 Å². The maximum absolute atomic E-state index is 10.9. The van der Waals surface area contributed by atoms with E-state index in [1.54, 1.807) is 6.07 Å². The predicted octanol–water partition coefficient (Wildman–Crippen LogP) is 2.59. The molecule has 0 amide bonds. The summed E-state index contributed by atoms with van der Waals surface area (Å²) in [7, 11) is 0. The maximum Gasteiger partial charge on any atom is 0.337 e. The van der Waals surface area contributed by atoms with Gasteiger partial charge in [-0.3, -0.25) is 0 Å². The van der Waals surface area contributed by atoms with Gasteiger partial charge in [-0.25, -0.2) is 4.79 Å². The van der Waals surface area contributed by atoms with Gasteiger partial charge in [0.1, 0.15) is 0 Å². The Morgan fingerprint density at radius 1 is 1.41 bits per heavy atom. The zero-order valence-corrected chi connectivity index (χ0v) is 10.7. The Morgan fingerprint density at radius 2 is 2.00 bits per heavy atom. The summed E-state index contributed by atoms with van der Waals surface area (Å²) < 4.78 is 5.65. The number of ether oxygens (including phenoxy) is 1. The highest BCUT2D eigenvalue weighted by atomic mass is 16.5. The zero-order valence-electron chi connectivity index (χ0n) is 10.7. The van der Waals surface area contributed by atoms with Crippen molar-refractivity contribution in [2.75, 3.05) is 5.73 Å². The van der Waals surface area contributed by atoms with E-state index in [0.717, 1.165) is 11.1 Å². The third-order valence-corrected chi connectivity index (χ3v) is 2.52. The van der Waals surface area contributed by atoms with Crippen molar-refractivity contribution in [2.45, 2.75) is 39.9 Å². The second-order valence-electron chi connectivity index (χ2n) is 5.02. The number of nitrogens with two attached hydrogens (primary N) is 1. The van der Waals surface area contributed by atoms with Crippen LogP contribution in [0.1, 0.15) is 42.3 Å². The topological polar surface area (TPSA) is 72.5 Å². The summed E-state index contributed by atoms with van der Waals surface area (Å²) >= 11 is 0. The largest absolute Gasteiger partial charge is 0.478 e. The highest BCUT2D eigenvalue weighted by molar-refractivity contribution is 5.94. The summed E-state index contributed by atoms with van der Waals surface area (Å²) in [6.45, 7) is 8.15. The summed E-state index contributed by atoms with van der Waals surface area (Å²) in [5.74, 6) is -1.01. The van der Waals surface area contributed by atoms with Gasteiger partial charge in [-0.1, -0.05) is 6.07 Å². The van der Waals surface area contributed by atoms with Crippen LogP contribution in [0, 0.1) is 6.92 Å². The number of nitrogen functional groups attached to an aromatic ring is 1. The van der Waals surface area contributed by atoms with Crippen LogP contribution in [-0.4, -0.2) is 16.7 Å². The van der Waals surface area contributed by atoms with Gasteiger partial charge in [-0.05, 0) is 44.9 Å². The van der Waals surface area contributed by atoms with Gasteiger partial charge in [0.25, 0.3) is 0 Å². The first kappa shape index (κ1) is 13.5. The van der Waals surface area contributed by atoms with Gasteiger partial charge in [-0.15, -0.1) is 0 Å². The number of hydrogen-bond acceptors (Lipinski definition) is 3. The van der Waals surface area contributed by atoms with Crippen LogP contribution in [0.4, 0.5) is 5.69 Å². The Kier molecular flexibility index (Phi) is 3.78. The minimum atomic E-state index is -1.01. The number of carboxylic acids is 1. The number of hydrogen-bond donors (Lipinski definition) is 2. The lowest BCUT2D eigenvalue weighted by Crippen LogP contribution is -2.19. The van der Waals surface area contributed by atoms with E-state index < -0.39 is 5.97 Å². The van der Waals surface area contributed by atoms with Crippen molar-refractivity contribution in [1.29, 1.82) is 0 Å². The number of anilines is 1. The molecule has 17 heavy (non-hydrogen) atoms. The molecule has 0 spiro atoms. The second-order valence-corrected chi connectivity index (χ2v) is 5.02. The molecule has 0 aliphatic carbocycles. The highest BCUT2D eigenvalue weighted by Crippen LogP contribution is 2.23. The van der Waals surface area contributed by atoms with Crippen LogP contribution >= 0.6 is 0 Å².